The Morgan fingerprint density at radius 3 is 2.25 bits per heavy atom. The summed E-state index contributed by atoms with van der Waals surface area (Å²) >= 11 is 0. The topological polar surface area (TPSA) is 92.5 Å². The average Bonchev–Trinajstić information content (AvgIpc) is 3.86. The lowest BCUT2D eigenvalue weighted by Crippen LogP contribution is -2.50. The molecule has 7 nitrogen and oxygen atoms in total. The molecule has 0 spiro atoms. The second-order valence-corrected chi connectivity index (χ2v) is 15.0. The van der Waals surface area contributed by atoms with E-state index in [2.05, 4.69) is 0 Å². The van der Waals surface area contributed by atoms with Gasteiger partial charge in [0.15, 0.2) is 5.78 Å². The molecule has 51 heavy (non-hydrogen) atoms. The van der Waals surface area contributed by atoms with Gasteiger partial charge in [0.2, 0.25) is 0 Å². The zero-order valence-electron chi connectivity index (χ0n) is 29.7. The monoisotopic (exact) mass is 715 g/mol. The lowest BCUT2D eigenvalue weighted by atomic mass is 9.81. The smallest absolute Gasteiger partial charge is 0.419 e. The molecular weight excluding hydrogens is 669 g/mol. The molecule has 1 aliphatic heterocycles. The average molecular weight is 716 g/mol. The van der Waals surface area contributed by atoms with Gasteiger partial charge in [-0.1, -0.05) is 32.0 Å². The molecule has 2 aliphatic rings. The fourth-order valence-corrected chi connectivity index (χ4v) is 7.59. The number of nitrogens with zero attached hydrogens (tertiary/aromatic N) is 3. The van der Waals surface area contributed by atoms with Crippen LogP contribution in [-0.2, 0) is 27.7 Å². The number of carbonyl (C=O) groups is 2. The first-order valence-corrected chi connectivity index (χ1v) is 17.6. The highest BCUT2D eigenvalue weighted by Crippen LogP contribution is 2.43. The summed E-state index contributed by atoms with van der Waals surface area (Å²) in [6, 6.07) is 8.75. The van der Waals surface area contributed by atoms with Crippen LogP contribution in [0.1, 0.15) is 105 Å². The predicted molar refractivity (Wildman–Crippen MR) is 184 cm³/mol. The van der Waals surface area contributed by atoms with Crippen LogP contribution in [0.5, 0.6) is 0 Å². The molecule has 2 aromatic carbocycles. The van der Waals surface area contributed by atoms with Crippen LogP contribution in [0.4, 0.5) is 22.0 Å². The van der Waals surface area contributed by atoms with Crippen molar-refractivity contribution < 1.29 is 36.6 Å². The van der Waals surface area contributed by atoms with Gasteiger partial charge in [0.05, 0.1) is 17.7 Å². The minimum atomic E-state index is -5.06. The molecule has 0 bridgehead atoms. The molecule has 2 fully saturated rings. The first-order chi connectivity index (χ1) is 23.9. The Bertz CT molecular complexity index is 1830. The summed E-state index contributed by atoms with van der Waals surface area (Å²) in [6.45, 7) is 10.0. The molecule has 1 aromatic heterocycles. The minimum Gasteiger partial charge on any atom is -0.481 e. The van der Waals surface area contributed by atoms with Crippen LogP contribution in [0.25, 0.3) is 11.1 Å². The predicted octanol–water partition coefficient (Wildman–Crippen LogP) is 8.13. The molecule has 2 atom stereocenters. The van der Waals surface area contributed by atoms with E-state index < -0.39 is 64.5 Å². The fourth-order valence-electron chi connectivity index (χ4n) is 7.59. The van der Waals surface area contributed by atoms with Gasteiger partial charge >= 0.3 is 12.1 Å². The van der Waals surface area contributed by atoms with Crippen molar-refractivity contribution in [3.05, 3.63) is 86.1 Å². The molecule has 1 N–H and O–H groups in total. The number of aliphatic carboxylic acids is 1. The van der Waals surface area contributed by atoms with Gasteiger partial charge in [-0.25, -0.2) is 13.5 Å². The molecule has 2 heterocycles. The van der Waals surface area contributed by atoms with Gasteiger partial charge in [-0.3, -0.25) is 19.3 Å². The minimum absolute atomic E-state index is 0.0857. The van der Waals surface area contributed by atoms with E-state index in [0.29, 0.717) is 48.4 Å². The largest absolute Gasteiger partial charge is 0.481 e. The van der Waals surface area contributed by atoms with Gasteiger partial charge in [-0.05, 0) is 110 Å². The maximum absolute atomic E-state index is 15.9. The van der Waals surface area contributed by atoms with Gasteiger partial charge in [-0.2, -0.15) is 18.3 Å². The first-order valence-electron chi connectivity index (χ1n) is 17.6. The van der Waals surface area contributed by atoms with E-state index in [9.17, 15) is 37.1 Å². The van der Waals surface area contributed by atoms with Gasteiger partial charge in [0.1, 0.15) is 17.5 Å². The molecule has 276 valence electrons. The van der Waals surface area contributed by atoms with E-state index >= 15 is 4.39 Å². The van der Waals surface area contributed by atoms with Crippen molar-refractivity contribution in [2.45, 2.75) is 109 Å². The quantitative estimate of drug-likeness (QED) is 0.160. The number of aryl methyl sites for hydroxylation is 2. The third-order valence-corrected chi connectivity index (χ3v) is 10.3. The summed E-state index contributed by atoms with van der Waals surface area (Å²) in [4.78, 5) is 42.0. The van der Waals surface area contributed by atoms with E-state index in [0.717, 1.165) is 24.5 Å². The van der Waals surface area contributed by atoms with Crippen LogP contribution in [0.15, 0.2) is 41.2 Å². The van der Waals surface area contributed by atoms with Crippen molar-refractivity contribution in [1.82, 2.24) is 14.7 Å². The molecular formula is C39H46F5N3O4. The van der Waals surface area contributed by atoms with Gasteiger partial charge in [0, 0.05) is 38.5 Å². The van der Waals surface area contributed by atoms with Crippen LogP contribution in [-0.4, -0.2) is 57.3 Å². The van der Waals surface area contributed by atoms with Crippen molar-refractivity contribution in [3.63, 3.8) is 0 Å². The third-order valence-electron chi connectivity index (χ3n) is 10.3. The zero-order chi connectivity index (χ0) is 37.4. The van der Waals surface area contributed by atoms with Crippen molar-refractivity contribution in [1.29, 1.82) is 0 Å². The fraction of sp³-hybridized carbons (Fsp3) is 0.538. The number of alkyl halides is 4. The number of carboxylic acid groups (broad SMARTS) is 1. The number of Topliss-reactive ketones (excluding diaryl/α,β-unsaturated/α-hetero) is 1. The zero-order valence-corrected chi connectivity index (χ0v) is 29.7. The van der Waals surface area contributed by atoms with Crippen LogP contribution < -0.4 is 5.56 Å². The molecule has 1 saturated carbocycles. The number of carboxylic acids is 1. The number of hydrogen-bond donors (Lipinski definition) is 1. The number of halogens is 5. The second kappa shape index (κ2) is 15.0. The number of hydrogen-bond acceptors (Lipinski definition) is 5. The van der Waals surface area contributed by atoms with Crippen molar-refractivity contribution >= 4 is 11.8 Å². The molecule has 1 aliphatic carbocycles. The van der Waals surface area contributed by atoms with Gasteiger partial charge in [0.25, 0.3) is 5.56 Å². The number of aromatic nitrogens is 2. The highest BCUT2D eigenvalue weighted by molar-refractivity contribution is 5.86. The molecule has 12 heteroatoms. The molecule has 1 unspecified atom stereocenters. The normalized spacial score (nSPS) is 17.3. The second-order valence-electron chi connectivity index (χ2n) is 15.0. The Kier molecular flexibility index (Phi) is 11.2. The summed E-state index contributed by atoms with van der Waals surface area (Å²) in [7, 11) is 0. The Balaban J connectivity index is 1.51. The molecule has 0 radical (unpaired) electrons. The van der Waals surface area contributed by atoms with E-state index in [-0.39, 0.29) is 36.7 Å². The number of benzene rings is 2. The lowest BCUT2D eigenvalue weighted by Gasteiger charge is -2.35. The first kappa shape index (κ1) is 38.3. The molecule has 0 amide bonds. The van der Waals surface area contributed by atoms with E-state index in [4.69, 9.17) is 5.10 Å². The third kappa shape index (κ3) is 8.59. The standard InChI is InChI=1S/C39H46F5N3O4/c1-22(2)19-38(5,47-34(49)18-29(25-9-10-25)32(45-47)13-14-46-20-28(40)21-46)33(48)12-11-26(17-35(50)51)30-15-27(16-31(37(30)41)39(42,43)44)36-23(3)7-6-8-24(36)4/h6-8,15-16,18,22,25-26,28H,9-14,17,19-21H2,1-5H3,(H,50,51)/t26-,38?/m0/s1. The Labute approximate surface area is 294 Å². The van der Waals surface area contributed by atoms with Crippen molar-refractivity contribution in [2.24, 2.45) is 5.92 Å². The van der Waals surface area contributed by atoms with Crippen molar-refractivity contribution in [3.8, 4) is 11.1 Å². The summed E-state index contributed by atoms with van der Waals surface area (Å²) in [5, 5.41) is 14.6. The van der Waals surface area contributed by atoms with Crippen LogP contribution in [0.3, 0.4) is 0 Å². The van der Waals surface area contributed by atoms with Crippen LogP contribution in [0.2, 0.25) is 0 Å². The lowest BCUT2D eigenvalue weighted by molar-refractivity contribution is -0.140. The van der Waals surface area contributed by atoms with Crippen LogP contribution in [0, 0.1) is 25.6 Å². The summed E-state index contributed by atoms with van der Waals surface area (Å²) in [5.41, 5.74) is -0.493. The summed E-state index contributed by atoms with van der Waals surface area (Å²) in [6.07, 6.45) is -4.76. The highest BCUT2D eigenvalue weighted by Gasteiger charge is 2.41. The van der Waals surface area contributed by atoms with E-state index in [1.54, 1.807) is 39.0 Å². The number of ketones is 1. The maximum atomic E-state index is 15.9. The van der Waals surface area contributed by atoms with E-state index in [1.165, 1.54) is 16.8 Å². The number of likely N-dealkylation sites (tertiary alicyclic amines) is 1. The van der Waals surface area contributed by atoms with Crippen LogP contribution >= 0.6 is 0 Å². The Hall–Kier alpha value is -3.93. The maximum Gasteiger partial charge on any atom is 0.419 e. The Morgan fingerprint density at radius 2 is 1.71 bits per heavy atom. The SMILES string of the molecule is Cc1cccc(C)c1-c1cc([C@@H](CCC(=O)C(C)(CC(C)C)n2nc(CCN3CC(F)C3)c(C3CC3)cc2=O)CC(=O)O)c(F)c(C(F)(F)F)c1. The molecule has 5 rings (SSSR count). The number of carbonyl (C=O) groups excluding carboxylic acids is 1. The van der Waals surface area contributed by atoms with Crippen molar-refractivity contribution in [2.75, 3.05) is 19.6 Å². The van der Waals surface area contributed by atoms with Gasteiger partial charge < -0.3 is 5.11 Å². The summed E-state index contributed by atoms with van der Waals surface area (Å²) in [5.74, 6) is -4.56. The molecule has 3 aromatic rings. The molecule has 1 saturated heterocycles. The number of rotatable bonds is 15. The van der Waals surface area contributed by atoms with E-state index in [1.807, 2.05) is 18.7 Å². The van der Waals surface area contributed by atoms with Gasteiger partial charge in [-0.15, -0.1) is 0 Å². The highest BCUT2D eigenvalue weighted by atomic mass is 19.4. The summed E-state index contributed by atoms with van der Waals surface area (Å²) < 4.78 is 73.3. The Morgan fingerprint density at radius 1 is 1.06 bits per heavy atom.